The maximum atomic E-state index is 12.1. The van der Waals surface area contributed by atoms with Gasteiger partial charge >= 0.3 is 0 Å². The van der Waals surface area contributed by atoms with Gasteiger partial charge in [-0.1, -0.05) is 19.0 Å². The van der Waals surface area contributed by atoms with Crippen molar-refractivity contribution in [3.63, 3.8) is 0 Å². The van der Waals surface area contributed by atoms with Crippen LogP contribution in [0.2, 0.25) is 0 Å². The third-order valence-corrected chi connectivity index (χ3v) is 3.27. The van der Waals surface area contributed by atoms with Crippen LogP contribution < -0.4 is 5.32 Å². The number of nitrogens with one attached hydrogen (secondary N) is 1. The lowest BCUT2D eigenvalue weighted by molar-refractivity contribution is -0.132. The van der Waals surface area contributed by atoms with Crippen molar-refractivity contribution in [2.24, 2.45) is 0 Å². The van der Waals surface area contributed by atoms with Gasteiger partial charge in [0.25, 0.3) is 0 Å². The van der Waals surface area contributed by atoms with Crippen molar-refractivity contribution in [3.8, 4) is 0 Å². The summed E-state index contributed by atoms with van der Waals surface area (Å²) in [5, 5.41) is 7.22. The van der Waals surface area contributed by atoms with Gasteiger partial charge in [0, 0.05) is 44.4 Å². The van der Waals surface area contributed by atoms with Crippen LogP contribution in [0.15, 0.2) is 4.52 Å². The highest BCUT2D eigenvalue weighted by Gasteiger charge is 2.21. The van der Waals surface area contributed by atoms with Gasteiger partial charge in [0.2, 0.25) is 11.8 Å². The summed E-state index contributed by atoms with van der Waals surface area (Å²) in [5.41, 5.74) is 0. The van der Waals surface area contributed by atoms with Crippen molar-refractivity contribution in [2.45, 2.75) is 45.6 Å². The molecule has 1 aromatic heterocycles. The molecule has 0 aromatic carbocycles. The van der Waals surface area contributed by atoms with E-state index in [2.05, 4.69) is 22.4 Å². The van der Waals surface area contributed by atoms with Crippen molar-refractivity contribution in [1.82, 2.24) is 20.4 Å². The monoisotopic (exact) mass is 302 g/mol. The molecule has 7 heteroatoms. The molecule has 1 aromatic rings. The predicted molar refractivity (Wildman–Crippen MR) is 78.0 cm³/mol. The zero-order chi connectivity index (χ0) is 13.8. The Morgan fingerprint density at radius 2 is 2.30 bits per heavy atom. The Hall–Kier alpha value is -1.14. The molecule has 2 rings (SSSR count). The number of carbonyl (C=O) groups is 1. The van der Waals surface area contributed by atoms with Crippen LogP contribution in [-0.2, 0) is 11.2 Å². The molecule has 0 radical (unpaired) electrons. The van der Waals surface area contributed by atoms with Gasteiger partial charge in [-0.2, -0.15) is 4.98 Å². The summed E-state index contributed by atoms with van der Waals surface area (Å²) in [5.74, 6) is 1.68. The number of aromatic nitrogens is 2. The first-order valence-corrected chi connectivity index (χ1v) is 6.90. The molecule has 6 nitrogen and oxygen atoms in total. The van der Waals surface area contributed by atoms with Crippen molar-refractivity contribution >= 4 is 18.3 Å². The van der Waals surface area contributed by atoms with E-state index in [9.17, 15) is 4.79 Å². The highest BCUT2D eigenvalue weighted by atomic mass is 35.5. The molecule has 1 atom stereocenters. The molecule has 0 aliphatic carbocycles. The fourth-order valence-corrected chi connectivity index (χ4v) is 2.13. The van der Waals surface area contributed by atoms with Gasteiger partial charge in [0.15, 0.2) is 5.82 Å². The van der Waals surface area contributed by atoms with Crippen LogP contribution >= 0.6 is 12.4 Å². The maximum Gasteiger partial charge on any atom is 0.227 e. The van der Waals surface area contributed by atoms with Crippen LogP contribution in [0, 0.1) is 0 Å². The Morgan fingerprint density at radius 1 is 1.55 bits per heavy atom. The minimum absolute atomic E-state index is 0. The second-order valence-electron chi connectivity index (χ2n) is 5.40. The standard InChI is InChI=1S/C13H22N4O2.ClH/c1-9(2)13-15-11(19-16-13)4-5-12(18)17-7-6-14-10(3)8-17;/h9-10,14H,4-8H2,1-3H3;1H. The SMILES string of the molecule is CC1CN(C(=O)CCc2nc(C(C)C)no2)CCN1.Cl. The molecular formula is C13H23ClN4O2. The first-order valence-electron chi connectivity index (χ1n) is 6.90. The minimum Gasteiger partial charge on any atom is -0.340 e. The van der Waals surface area contributed by atoms with Gasteiger partial charge in [-0.05, 0) is 6.92 Å². The molecule has 1 saturated heterocycles. The molecule has 114 valence electrons. The van der Waals surface area contributed by atoms with Crippen LogP contribution in [0.25, 0.3) is 0 Å². The molecule has 2 heterocycles. The molecule has 1 aliphatic rings. The van der Waals surface area contributed by atoms with E-state index in [0.29, 0.717) is 30.6 Å². The van der Waals surface area contributed by atoms with E-state index in [1.807, 2.05) is 18.7 Å². The smallest absolute Gasteiger partial charge is 0.227 e. The average Bonchev–Trinajstić information content (AvgIpc) is 2.85. The van der Waals surface area contributed by atoms with E-state index in [1.54, 1.807) is 0 Å². The highest BCUT2D eigenvalue weighted by molar-refractivity contribution is 5.85. The molecule has 1 aliphatic heterocycles. The summed E-state index contributed by atoms with van der Waals surface area (Å²) in [6.07, 6.45) is 0.962. The Kier molecular flexibility index (Phi) is 6.42. The summed E-state index contributed by atoms with van der Waals surface area (Å²) in [4.78, 5) is 18.3. The van der Waals surface area contributed by atoms with Gasteiger partial charge in [0.05, 0.1) is 0 Å². The molecular weight excluding hydrogens is 280 g/mol. The lowest BCUT2D eigenvalue weighted by Gasteiger charge is -2.31. The number of hydrogen-bond donors (Lipinski definition) is 1. The molecule has 1 fully saturated rings. The summed E-state index contributed by atoms with van der Waals surface area (Å²) >= 11 is 0. The zero-order valence-corrected chi connectivity index (χ0v) is 13.1. The Balaban J connectivity index is 0.00000200. The van der Waals surface area contributed by atoms with E-state index < -0.39 is 0 Å². The van der Waals surface area contributed by atoms with Crippen LogP contribution in [0.5, 0.6) is 0 Å². The number of amides is 1. The van der Waals surface area contributed by atoms with Crippen LogP contribution in [0.4, 0.5) is 0 Å². The molecule has 20 heavy (non-hydrogen) atoms. The quantitative estimate of drug-likeness (QED) is 0.909. The number of piperazine rings is 1. The van der Waals surface area contributed by atoms with E-state index in [0.717, 1.165) is 19.6 Å². The van der Waals surface area contributed by atoms with Crippen LogP contribution in [0.3, 0.4) is 0 Å². The third-order valence-electron chi connectivity index (χ3n) is 3.27. The second kappa shape index (κ2) is 7.59. The summed E-state index contributed by atoms with van der Waals surface area (Å²) in [6, 6.07) is 0.369. The molecule has 0 spiro atoms. The molecule has 1 unspecified atom stereocenters. The largest absolute Gasteiger partial charge is 0.340 e. The van der Waals surface area contributed by atoms with Crippen LogP contribution in [0.1, 0.15) is 44.8 Å². The van der Waals surface area contributed by atoms with Crippen molar-refractivity contribution in [2.75, 3.05) is 19.6 Å². The molecule has 0 saturated carbocycles. The Morgan fingerprint density at radius 3 is 2.90 bits per heavy atom. The number of carbonyl (C=O) groups excluding carboxylic acids is 1. The third kappa shape index (κ3) is 4.45. The number of aryl methyl sites for hydroxylation is 1. The average molecular weight is 303 g/mol. The van der Waals surface area contributed by atoms with E-state index in [1.165, 1.54) is 0 Å². The van der Waals surface area contributed by atoms with Gasteiger partial charge in [-0.15, -0.1) is 12.4 Å². The first-order chi connectivity index (χ1) is 9.06. The Labute approximate surface area is 125 Å². The van der Waals surface area contributed by atoms with E-state index >= 15 is 0 Å². The van der Waals surface area contributed by atoms with E-state index in [4.69, 9.17) is 4.52 Å². The molecule has 1 N–H and O–H groups in total. The molecule has 1 amide bonds. The fourth-order valence-electron chi connectivity index (χ4n) is 2.13. The second-order valence-corrected chi connectivity index (χ2v) is 5.40. The first kappa shape index (κ1) is 16.9. The normalized spacial score (nSPS) is 19.0. The topological polar surface area (TPSA) is 71.3 Å². The summed E-state index contributed by atoms with van der Waals surface area (Å²) in [7, 11) is 0. The number of rotatable bonds is 4. The predicted octanol–water partition coefficient (Wildman–Crippen LogP) is 1.37. The maximum absolute atomic E-state index is 12.1. The van der Waals surface area contributed by atoms with Gasteiger partial charge in [0.1, 0.15) is 0 Å². The van der Waals surface area contributed by atoms with Gasteiger partial charge < -0.3 is 14.7 Å². The number of hydrogen-bond acceptors (Lipinski definition) is 5. The number of halogens is 1. The fraction of sp³-hybridized carbons (Fsp3) is 0.769. The van der Waals surface area contributed by atoms with Crippen molar-refractivity contribution in [3.05, 3.63) is 11.7 Å². The summed E-state index contributed by atoms with van der Waals surface area (Å²) < 4.78 is 5.14. The Bertz CT molecular complexity index is 436. The highest BCUT2D eigenvalue weighted by Crippen LogP contribution is 2.11. The van der Waals surface area contributed by atoms with Crippen molar-refractivity contribution < 1.29 is 9.32 Å². The van der Waals surface area contributed by atoms with Crippen molar-refractivity contribution in [1.29, 1.82) is 0 Å². The summed E-state index contributed by atoms with van der Waals surface area (Å²) in [6.45, 7) is 8.55. The lowest BCUT2D eigenvalue weighted by atomic mass is 10.2. The molecule has 0 bridgehead atoms. The zero-order valence-electron chi connectivity index (χ0n) is 12.3. The lowest BCUT2D eigenvalue weighted by Crippen LogP contribution is -2.51. The van der Waals surface area contributed by atoms with Gasteiger partial charge in [-0.25, -0.2) is 0 Å². The van der Waals surface area contributed by atoms with Crippen LogP contribution in [-0.4, -0.2) is 46.6 Å². The van der Waals surface area contributed by atoms with E-state index in [-0.39, 0.29) is 24.2 Å². The minimum atomic E-state index is 0. The number of nitrogens with zero attached hydrogens (tertiary/aromatic N) is 3. The van der Waals surface area contributed by atoms with Gasteiger partial charge in [-0.3, -0.25) is 4.79 Å².